The smallest absolute Gasteiger partial charge is 0.187 e. The highest BCUT2D eigenvalue weighted by molar-refractivity contribution is 5.36. The molecule has 0 radical (unpaired) electrons. The summed E-state index contributed by atoms with van der Waals surface area (Å²) in [7, 11) is 0. The van der Waals surface area contributed by atoms with Gasteiger partial charge in [-0.25, -0.2) is 0 Å². The van der Waals surface area contributed by atoms with Crippen molar-refractivity contribution in [3.05, 3.63) is 0 Å². The van der Waals surface area contributed by atoms with E-state index in [1.165, 1.54) is 32.1 Å². The Bertz CT molecular complexity index is 324. The molecular weight excluding hydrogens is 202 g/mol. The zero-order chi connectivity index (χ0) is 10.9. The number of hydrogen-bond acceptors (Lipinski definition) is 3. The SMILES string of the molecule is NC12CC13CCC3CC21OCCCCCO1. The van der Waals surface area contributed by atoms with E-state index in [1.54, 1.807) is 0 Å². The molecule has 0 amide bonds. The maximum atomic E-state index is 6.61. The first-order chi connectivity index (χ1) is 7.73. The number of nitrogens with two attached hydrogens (primary N) is 1. The molecule has 3 atom stereocenters. The van der Waals surface area contributed by atoms with Crippen molar-refractivity contribution in [1.29, 1.82) is 0 Å². The number of fused-ring (bicyclic) bond motifs is 1. The Balaban J connectivity index is 1.65. The van der Waals surface area contributed by atoms with Gasteiger partial charge in [-0.05, 0) is 49.9 Å². The van der Waals surface area contributed by atoms with Crippen molar-refractivity contribution in [1.82, 2.24) is 0 Å². The summed E-state index contributed by atoms with van der Waals surface area (Å²) in [6.07, 6.45) is 8.41. The summed E-state index contributed by atoms with van der Waals surface area (Å²) < 4.78 is 12.2. The summed E-state index contributed by atoms with van der Waals surface area (Å²) in [4.78, 5) is 0. The molecule has 1 saturated heterocycles. The van der Waals surface area contributed by atoms with Crippen molar-refractivity contribution in [3.63, 3.8) is 0 Å². The lowest BCUT2D eigenvalue weighted by Gasteiger charge is -2.38. The summed E-state index contributed by atoms with van der Waals surface area (Å²) in [6, 6.07) is 0. The van der Waals surface area contributed by atoms with Gasteiger partial charge < -0.3 is 15.2 Å². The van der Waals surface area contributed by atoms with Crippen LogP contribution in [-0.2, 0) is 9.47 Å². The lowest BCUT2D eigenvalue weighted by Crippen LogP contribution is -2.54. The average molecular weight is 223 g/mol. The largest absolute Gasteiger partial charge is 0.348 e. The molecule has 2 spiro atoms. The van der Waals surface area contributed by atoms with Crippen molar-refractivity contribution < 1.29 is 9.47 Å². The van der Waals surface area contributed by atoms with Gasteiger partial charge in [-0.3, -0.25) is 0 Å². The zero-order valence-electron chi connectivity index (χ0n) is 9.84. The van der Waals surface area contributed by atoms with Crippen molar-refractivity contribution in [2.24, 2.45) is 17.1 Å². The fourth-order valence-corrected chi connectivity index (χ4v) is 4.56. The van der Waals surface area contributed by atoms with Crippen LogP contribution in [0.25, 0.3) is 0 Å². The molecule has 0 aromatic rings. The van der Waals surface area contributed by atoms with Gasteiger partial charge in [0.25, 0.3) is 0 Å². The molecule has 3 heteroatoms. The van der Waals surface area contributed by atoms with Crippen LogP contribution in [0.3, 0.4) is 0 Å². The first-order valence-corrected chi connectivity index (χ1v) is 6.79. The lowest BCUT2D eigenvalue weighted by molar-refractivity contribution is -0.259. The molecule has 4 fully saturated rings. The highest BCUT2D eigenvalue weighted by Gasteiger charge is 2.86. The second kappa shape index (κ2) is 2.82. The van der Waals surface area contributed by atoms with E-state index in [4.69, 9.17) is 15.2 Å². The quantitative estimate of drug-likeness (QED) is 0.681. The summed E-state index contributed by atoms with van der Waals surface area (Å²) in [6.45, 7) is 1.67. The van der Waals surface area contributed by atoms with E-state index < -0.39 is 5.79 Å². The predicted octanol–water partition coefficient (Wildman–Crippen LogP) is 1.80. The molecule has 90 valence electrons. The molecule has 0 aromatic carbocycles. The van der Waals surface area contributed by atoms with Crippen LogP contribution >= 0.6 is 0 Å². The second-order valence-electron chi connectivity index (χ2n) is 6.25. The minimum atomic E-state index is -0.408. The molecule has 3 unspecified atom stereocenters. The normalized spacial score (nSPS) is 53.4. The molecule has 16 heavy (non-hydrogen) atoms. The fraction of sp³-hybridized carbons (Fsp3) is 1.00. The van der Waals surface area contributed by atoms with Crippen LogP contribution in [0.1, 0.15) is 44.9 Å². The van der Waals surface area contributed by atoms with Gasteiger partial charge in [0.1, 0.15) is 0 Å². The minimum Gasteiger partial charge on any atom is -0.348 e. The van der Waals surface area contributed by atoms with Crippen LogP contribution in [0.4, 0.5) is 0 Å². The van der Waals surface area contributed by atoms with Crippen LogP contribution in [-0.4, -0.2) is 24.5 Å². The first kappa shape index (κ1) is 9.86. The maximum Gasteiger partial charge on any atom is 0.187 e. The predicted molar refractivity (Wildman–Crippen MR) is 59.8 cm³/mol. The van der Waals surface area contributed by atoms with Gasteiger partial charge in [0.2, 0.25) is 0 Å². The van der Waals surface area contributed by atoms with Crippen LogP contribution in [0.15, 0.2) is 0 Å². The molecule has 3 nitrogen and oxygen atoms in total. The molecule has 4 rings (SSSR count). The van der Waals surface area contributed by atoms with E-state index in [9.17, 15) is 0 Å². The Morgan fingerprint density at radius 3 is 2.25 bits per heavy atom. The van der Waals surface area contributed by atoms with Crippen LogP contribution in [0.5, 0.6) is 0 Å². The van der Waals surface area contributed by atoms with Crippen LogP contribution in [0.2, 0.25) is 0 Å². The summed E-state index contributed by atoms with van der Waals surface area (Å²) >= 11 is 0. The number of hydrogen-bond donors (Lipinski definition) is 1. The van der Waals surface area contributed by atoms with Crippen molar-refractivity contribution >= 4 is 0 Å². The van der Waals surface area contributed by atoms with Crippen LogP contribution < -0.4 is 5.73 Å². The lowest BCUT2D eigenvalue weighted by atomic mass is 9.71. The van der Waals surface area contributed by atoms with E-state index in [1.807, 2.05) is 0 Å². The summed E-state index contributed by atoms with van der Waals surface area (Å²) in [5.74, 6) is 0.381. The third kappa shape index (κ3) is 0.889. The Kier molecular flexibility index (Phi) is 1.74. The third-order valence-electron chi connectivity index (χ3n) is 5.73. The highest BCUT2D eigenvalue weighted by Crippen LogP contribution is 2.80. The standard InChI is InChI=1S/C13H21NO2/c14-12-9-11(12)5-4-10(11)8-13(12)15-6-2-1-3-7-16-13/h10H,1-9,14H2. The Morgan fingerprint density at radius 2 is 1.81 bits per heavy atom. The van der Waals surface area contributed by atoms with E-state index in [0.29, 0.717) is 5.41 Å². The van der Waals surface area contributed by atoms with Crippen molar-refractivity contribution in [2.45, 2.75) is 56.3 Å². The van der Waals surface area contributed by atoms with Gasteiger partial charge >= 0.3 is 0 Å². The van der Waals surface area contributed by atoms with Gasteiger partial charge in [-0.15, -0.1) is 0 Å². The maximum absolute atomic E-state index is 6.61. The summed E-state index contributed by atoms with van der Waals surface area (Å²) in [5.41, 5.74) is 6.89. The molecule has 1 aliphatic heterocycles. The van der Waals surface area contributed by atoms with E-state index in [2.05, 4.69) is 0 Å². The van der Waals surface area contributed by atoms with Gasteiger partial charge in [-0.1, -0.05) is 0 Å². The highest BCUT2D eigenvalue weighted by atomic mass is 16.7. The van der Waals surface area contributed by atoms with Crippen LogP contribution in [0, 0.1) is 11.3 Å². The third-order valence-corrected chi connectivity index (χ3v) is 5.73. The minimum absolute atomic E-state index is 0.139. The van der Waals surface area contributed by atoms with Gasteiger partial charge in [0, 0.05) is 6.42 Å². The van der Waals surface area contributed by atoms with Gasteiger partial charge in [0.05, 0.1) is 18.8 Å². The molecule has 1 heterocycles. The number of ether oxygens (including phenoxy) is 2. The average Bonchev–Trinajstić information content (AvgIpc) is 2.83. The molecule has 0 bridgehead atoms. The van der Waals surface area contributed by atoms with Crippen molar-refractivity contribution in [3.8, 4) is 0 Å². The van der Waals surface area contributed by atoms with Gasteiger partial charge in [0.15, 0.2) is 5.79 Å². The fourth-order valence-electron chi connectivity index (χ4n) is 4.56. The topological polar surface area (TPSA) is 44.5 Å². The Labute approximate surface area is 96.7 Å². The summed E-state index contributed by atoms with van der Waals surface area (Å²) in [5, 5.41) is 0. The molecule has 0 aromatic heterocycles. The Morgan fingerprint density at radius 1 is 1.06 bits per heavy atom. The molecule has 2 N–H and O–H groups in total. The van der Waals surface area contributed by atoms with Gasteiger partial charge in [-0.2, -0.15) is 0 Å². The Hall–Kier alpha value is -0.120. The van der Waals surface area contributed by atoms with E-state index in [0.717, 1.165) is 32.0 Å². The molecule has 4 aliphatic rings. The van der Waals surface area contributed by atoms with Crippen molar-refractivity contribution in [2.75, 3.05) is 13.2 Å². The molecular formula is C13H21NO2. The first-order valence-electron chi connectivity index (χ1n) is 6.79. The molecule has 3 aliphatic carbocycles. The molecule has 3 saturated carbocycles. The number of rotatable bonds is 0. The zero-order valence-corrected chi connectivity index (χ0v) is 9.84. The second-order valence-corrected chi connectivity index (χ2v) is 6.25. The monoisotopic (exact) mass is 223 g/mol. The van der Waals surface area contributed by atoms with E-state index >= 15 is 0 Å². The van der Waals surface area contributed by atoms with E-state index in [-0.39, 0.29) is 5.54 Å².